The van der Waals surface area contributed by atoms with Crippen molar-refractivity contribution < 1.29 is 9.90 Å². The zero-order valence-electron chi connectivity index (χ0n) is 13.4. The summed E-state index contributed by atoms with van der Waals surface area (Å²) in [6.45, 7) is 8.50. The standard InChI is InChI=1S/C16H24N4O2/c1-11-9-13-15(14(22)10-11)12(2)17-16(18-13)20-5-3-19(4-6-20)7-8-21/h11,21H,3-10H2,1-2H3/t11-/m1/s1. The number of hydrogen-bond acceptors (Lipinski definition) is 6. The van der Waals surface area contributed by atoms with E-state index < -0.39 is 0 Å². The Kier molecular flexibility index (Phi) is 4.40. The van der Waals surface area contributed by atoms with Gasteiger partial charge < -0.3 is 10.0 Å². The van der Waals surface area contributed by atoms with Gasteiger partial charge in [-0.05, 0) is 19.3 Å². The summed E-state index contributed by atoms with van der Waals surface area (Å²) in [6, 6.07) is 0. The Labute approximate surface area is 131 Å². The van der Waals surface area contributed by atoms with Crippen LogP contribution in [0.15, 0.2) is 0 Å². The lowest BCUT2D eigenvalue weighted by Crippen LogP contribution is -2.48. The first-order valence-corrected chi connectivity index (χ1v) is 8.07. The Balaban J connectivity index is 1.80. The number of Topliss-reactive ketones (excluding diaryl/α,β-unsaturated/α-hetero) is 1. The number of β-amino-alcohol motifs (C(OH)–C–C–N with tert-alkyl or cyclic N) is 1. The van der Waals surface area contributed by atoms with Crippen molar-refractivity contribution in [3.8, 4) is 0 Å². The minimum atomic E-state index is 0.186. The number of hydrogen-bond donors (Lipinski definition) is 1. The summed E-state index contributed by atoms with van der Waals surface area (Å²) < 4.78 is 0. The van der Waals surface area contributed by atoms with E-state index in [2.05, 4.69) is 21.7 Å². The average Bonchev–Trinajstić information content (AvgIpc) is 2.47. The molecule has 120 valence electrons. The molecule has 0 spiro atoms. The molecule has 1 fully saturated rings. The summed E-state index contributed by atoms with van der Waals surface area (Å²) in [4.78, 5) is 25.9. The Morgan fingerprint density at radius 2 is 1.91 bits per heavy atom. The molecular formula is C16H24N4O2. The van der Waals surface area contributed by atoms with Gasteiger partial charge in [-0.25, -0.2) is 9.97 Å². The number of ketones is 1. The number of carbonyl (C=O) groups excluding carboxylic acids is 1. The molecule has 22 heavy (non-hydrogen) atoms. The second kappa shape index (κ2) is 6.30. The molecule has 1 atom stereocenters. The third-order valence-corrected chi connectivity index (χ3v) is 4.58. The first kappa shape index (κ1) is 15.4. The van der Waals surface area contributed by atoms with Crippen LogP contribution in [0.4, 0.5) is 5.95 Å². The lowest BCUT2D eigenvalue weighted by Gasteiger charge is -2.35. The highest BCUT2D eigenvalue weighted by atomic mass is 16.3. The van der Waals surface area contributed by atoms with Crippen LogP contribution in [0.3, 0.4) is 0 Å². The fourth-order valence-corrected chi connectivity index (χ4v) is 3.40. The van der Waals surface area contributed by atoms with Crippen LogP contribution in [-0.2, 0) is 6.42 Å². The van der Waals surface area contributed by atoms with Crippen molar-refractivity contribution in [1.82, 2.24) is 14.9 Å². The summed E-state index contributed by atoms with van der Waals surface area (Å²) in [5, 5.41) is 9.01. The van der Waals surface area contributed by atoms with Crippen molar-refractivity contribution in [1.29, 1.82) is 0 Å². The summed E-state index contributed by atoms with van der Waals surface area (Å²) in [5.41, 5.74) is 2.49. The van der Waals surface area contributed by atoms with Crippen LogP contribution in [-0.4, -0.2) is 65.1 Å². The van der Waals surface area contributed by atoms with E-state index in [-0.39, 0.29) is 12.4 Å². The summed E-state index contributed by atoms with van der Waals surface area (Å²) >= 11 is 0. The quantitative estimate of drug-likeness (QED) is 0.885. The molecule has 6 heteroatoms. The van der Waals surface area contributed by atoms with Gasteiger partial charge in [-0.15, -0.1) is 0 Å². The molecule has 2 aliphatic rings. The van der Waals surface area contributed by atoms with E-state index in [9.17, 15) is 4.79 Å². The molecule has 3 rings (SSSR count). The largest absolute Gasteiger partial charge is 0.395 e. The summed E-state index contributed by atoms with van der Waals surface area (Å²) in [6.07, 6.45) is 1.47. The molecule has 0 bridgehead atoms. The second-order valence-corrected chi connectivity index (χ2v) is 6.42. The molecule has 0 radical (unpaired) electrons. The minimum absolute atomic E-state index is 0.186. The maximum absolute atomic E-state index is 12.2. The van der Waals surface area contributed by atoms with Crippen molar-refractivity contribution in [2.24, 2.45) is 5.92 Å². The summed E-state index contributed by atoms with van der Waals surface area (Å²) in [7, 11) is 0. The molecule has 1 aliphatic heterocycles. The number of aliphatic hydroxyl groups excluding tert-OH is 1. The molecule has 1 saturated heterocycles. The molecule has 1 aromatic heterocycles. The molecule has 1 aromatic rings. The fourth-order valence-electron chi connectivity index (χ4n) is 3.40. The van der Waals surface area contributed by atoms with Crippen LogP contribution < -0.4 is 4.90 Å². The van der Waals surface area contributed by atoms with Crippen LogP contribution in [0.25, 0.3) is 0 Å². The SMILES string of the molecule is Cc1nc(N2CCN(CCO)CC2)nc2c1C(=O)C[C@H](C)C2. The van der Waals surface area contributed by atoms with Crippen LogP contribution in [0.2, 0.25) is 0 Å². The van der Waals surface area contributed by atoms with Gasteiger partial charge in [0.05, 0.1) is 23.6 Å². The third kappa shape index (κ3) is 2.98. The number of aliphatic hydroxyl groups is 1. The van der Waals surface area contributed by atoms with E-state index in [1.54, 1.807) is 0 Å². The van der Waals surface area contributed by atoms with Gasteiger partial charge in [0, 0.05) is 39.1 Å². The molecule has 0 aromatic carbocycles. The maximum atomic E-state index is 12.2. The molecule has 6 nitrogen and oxygen atoms in total. The lowest BCUT2D eigenvalue weighted by atomic mass is 9.86. The van der Waals surface area contributed by atoms with E-state index >= 15 is 0 Å². The predicted octanol–water partition coefficient (Wildman–Crippen LogP) is 0.664. The molecule has 1 N–H and O–H groups in total. The highest BCUT2D eigenvalue weighted by molar-refractivity contribution is 5.99. The number of rotatable bonds is 3. The van der Waals surface area contributed by atoms with Crippen molar-refractivity contribution >= 4 is 11.7 Å². The van der Waals surface area contributed by atoms with Gasteiger partial charge in [0.25, 0.3) is 0 Å². The van der Waals surface area contributed by atoms with E-state index in [0.717, 1.165) is 62.0 Å². The molecule has 0 saturated carbocycles. The van der Waals surface area contributed by atoms with Crippen LogP contribution >= 0.6 is 0 Å². The third-order valence-electron chi connectivity index (χ3n) is 4.58. The first-order valence-electron chi connectivity index (χ1n) is 8.07. The topological polar surface area (TPSA) is 69.6 Å². The van der Waals surface area contributed by atoms with Crippen LogP contribution in [0.1, 0.15) is 35.1 Å². The number of anilines is 1. The highest BCUT2D eigenvalue weighted by Gasteiger charge is 2.28. The molecular weight excluding hydrogens is 280 g/mol. The smallest absolute Gasteiger partial charge is 0.225 e. The molecule has 0 unspecified atom stereocenters. The van der Waals surface area contributed by atoms with E-state index in [4.69, 9.17) is 10.1 Å². The van der Waals surface area contributed by atoms with Gasteiger partial charge in [0.2, 0.25) is 5.95 Å². The Morgan fingerprint density at radius 1 is 1.18 bits per heavy atom. The van der Waals surface area contributed by atoms with Crippen molar-refractivity contribution in [3.05, 3.63) is 17.0 Å². The van der Waals surface area contributed by atoms with E-state index in [1.807, 2.05) is 6.92 Å². The zero-order valence-corrected chi connectivity index (χ0v) is 13.4. The van der Waals surface area contributed by atoms with Crippen LogP contribution in [0.5, 0.6) is 0 Å². The average molecular weight is 304 g/mol. The normalized spacial score (nSPS) is 22.8. The van der Waals surface area contributed by atoms with Gasteiger partial charge in [0.15, 0.2) is 5.78 Å². The Morgan fingerprint density at radius 3 is 2.59 bits per heavy atom. The number of fused-ring (bicyclic) bond motifs is 1. The van der Waals surface area contributed by atoms with Gasteiger partial charge in [-0.1, -0.05) is 6.92 Å². The van der Waals surface area contributed by atoms with Gasteiger partial charge in [-0.3, -0.25) is 9.69 Å². The second-order valence-electron chi connectivity index (χ2n) is 6.42. The van der Waals surface area contributed by atoms with E-state index in [1.165, 1.54) is 0 Å². The molecule has 0 amide bonds. The lowest BCUT2D eigenvalue weighted by molar-refractivity contribution is 0.0951. The minimum Gasteiger partial charge on any atom is -0.395 e. The number of nitrogens with zero attached hydrogens (tertiary/aromatic N) is 4. The van der Waals surface area contributed by atoms with Crippen molar-refractivity contribution in [2.45, 2.75) is 26.7 Å². The number of carbonyl (C=O) groups is 1. The summed E-state index contributed by atoms with van der Waals surface area (Å²) in [5.74, 6) is 1.30. The highest BCUT2D eigenvalue weighted by Crippen LogP contribution is 2.27. The van der Waals surface area contributed by atoms with E-state index in [0.29, 0.717) is 12.3 Å². The van der Waals surface area contributed by atoms with Gasteiger partial charge in [-0.2, -0.15) is 0 Å². The first-order chi connectivity index (χ1) is 10.6. The Bertz CT molecular complexity index is 568. The zero-order chi connectivity index (χ0) is 15.7. The van der Waals surface area contributed by atoms with Crippen molar-refractivity contribution in [3.63, 3.8) is 0 Å². The van der Waals surface area contributed by atoms with Crippen LogP contribution in [0, 0.1) is 12.8 Å². The van der Waals surface area contributed by atoms with Gasteiger partial charge in [0.1, 0.15) is 0 Å². The fraction of sp³-hybridized carbons (Fsp3) is 0.688. The van der Waals surface area contributed by atoms with Gasteiger partial charge >= 0.3 is 0 Å². The monoisotopic (exact) mass is 304 g/mol. The molecule has 2 heterocycles. The molecule has 1 aliphatic carbocycles. The number of aromatic nitrogens is 2. The van der Waals surface area contributed by atoms with Crippen molar-refractivity contribution in [2.75, 3.05) is 44.2 Å². The maximum Gasteiger partial charge on any atom is 0.225 e. The number of aryl methyl sites for hydroxylation is 1. The Hall–Kier alpha value is -1.53. The predicted molar refractivity (Wildman–Crippen MR) is 84.3 cm³/mol. The number of piperazine rings is 1.